The van der Waals surface area contributed by atoms with Crippen LogP contribution in [0.15, 0.2) is 29.3 Å². The summed E-state index contributed by atoms with van der Waals surface area (Å²) in [6.45, 7) is 4.74. The van der Waals surface area contributed by atoms with Crippen LogP contribution in [-0.2, 0) is 10.0 Å². The van der Waals surface area contributed by atoms with Gasteiger partial charge in [0.2, 0.25) is 10.0 Å². The third kappa shape index (κ3) is 2.42. The first-order valence-corrected chi connectivity index (χ1v) is 8.72. The molecule has 1 aliphatic heterocycles. The van der Waals surface area contributed by atoms with Gasteiger partial charge in [-0.3, -0.25) is 0 Å². The summed E-state index contributed by atoms with van der Waals surface area (Å²) in [5.74, 6) is 0.574. The van der Waals surface area contributed by atoms with Crippen LogP contribution in [0.25, 0.3) is 10.9 Å². The maximum Gasteiger partial charge on any atom is 0.245 e. The van der Waals surface area contributed by atoms with Gasteiger partial charge in [-0.05, 0) is 43.9 Å². The lowest BCUT2D eigenvalue weighted by atomic mass is 9.95. The third-order valence-electron chi connectivity index (χ3n) is 4.33. The first-order valence-electron chi connectivity index (χ1n) is 7.28. The van der Waals surface area contributed by atoms with Gasteiger partial charge in [-0.25, -0.2) is 8.42 Å². The van der Waals surface area contributed by atoms with E-state index >= 15 is 0 Å². The Balaban J connectivity index is 2.06. The molecule has 2 heterocycles. The number of hydrogen-bond donors (Lipinski definition) is 2. The van der Waals surface area contributed by atoms with E-state index in [0.29, 0.717) is 28.4 Å². The predicted molar refractivity (Wildman–Crippen MR) is 84.5 cm³/mol. The Kier molecular flexibility index (Phi) is 3.45. The fraction of sp³-hybridized carbons (Fsp3) is 0.467. The Morgan fingerprint density at radius 3 is 2.81 bits per heavy atom. The molecule has 114 valence electrons. The molecule has 0 saturated carbocycles. The minimum atomic E-state index is -3.49. The number of nitrogen functional groups attached to an aromatic ring is 1. The summed E-state index contributed by atoms with van der Waals surface area (Å²) in [5, 5.41) is 0.667. The zero-order valence-electron chi connectivity index (χ0n) is 12.3. The number of sulfonamides is 1. The van der Waals surface area contributed by atoms with Crippen LogP contribution in [0.5, 0.6) is 0 Å². The van der Waals surface area contributed by atoms with Gasteiger partial charge in [0.1, 0.15) is 4.90 Å². The minimum absolute atomic E-state index is 0.0322. The minimum Gasteiger partial charge on any atom is -0.399 e. The van der Waals surface area contributed by atoms with Crippen LogP contribution < -0.4 is 5.73 Å². The molecule has 2 aromatic rings. The highest BCUT2D eigenvalue weighted by atomic mass is 32.2. The summed E-state index contributed by atoms with van der Waals surface area (Å²) in [7, 11) is -3.49. The molecule has 0 amide bonds. The highest BCUT2D eigenvalue weighted by molar-refractivity contribution is 7.89. The largest absolute Gasteiger partial charge is 0.399 e. The van der Waals surface area contributed by atoms with Gasteiger partial charge in [0.25, 0.3) is 0 Å². The van der Waals surface area contributed by atoms with E-state index in [1.807, 2.05) is 13.0 Å². The zero-order valence-corrected chi connectivity index (χ0v) is 13.2. The molecule has 1 fully saturated rings. The van der Waals surface area contributed by atoms with Crippen molar-refractivity contribution in [3.05, 3.63) is 24.4 Å². The summed E-state index contributed by atoms with van der Waals surface area (Å²) in [6.07, 6.45) is 3.39. The standard InChI is InChI=1S/C15H21N3O2S/c1-10-5-6-18(11(2)7-10)21(19,20)15-9-17-14-4-3-12(16)8-13(14)15/h3-4,8-11,17H,5-7,16H2,1-2H3. The number of nitrogens with two attached hydrogens (primary N) is 1. The molecule has 0 radical (unpaired) electrons. The Hall–Kier alpha value is -1.53. The molecule has 1 aromatic carbocycles. The number of anilines is 1. The van der Waals surface area contributed by atoms with Crippen LogP contribution in [0.4, 0.5) is 5.69 Å². The van der Waals surface area contributed by atoms with Crippen molar-refractivity contribution in [3.8, 4) is 0 Å². The monoisotopic (exact) mass is 307 g/mol. The Morgan fingerprint density at radius 1 is 1.33 bits per heavy atom. The van der Waals surface area contributed by atoms with Crippen molar-refractivity contribution in [1.29, 1.82) is 0 Å². The zero-order chi connectivity index (χ0) is 15.2. The quantitative estimate of drug-likeness (QED) is 0.837. The van der Waals surface area contributed by atoms with Crippen molar-refractivity contribution in [2.75, 3.05) is 12.3 Å². The predicted octanol–water partition coefficient (Wildman–Crippen LogP) is 2.56. The molecule has 3 rings (SSSR count). The van der Waals surface area contributed by atoms with Crippen molar-refractivity contribution < 1.29 is 8.42 Å². The van der Waals surface area contributed by atoms with Crippen LogP contribution in [0.2, 0.25) is 0 Å². The third-order valence-corrected chi connectivity index (χ3v) is 6.39. The lowest BCUT2D eigenvalue weighted by Gasteiger charge is -2.35. The van der Waals surface area contributed by atoms with Gasteiger partial charge < -0.3 is 10.7 Å². The van der Waals surface area contributed by atoms with Crippen molar-refractivity contribution in [2.45, 2.75) is 37.6 Å². The van der Waals surface area contributed by atoms with E-state index < -0.39 is 10.0 Å². The smallest absolute Gasteiger partial charge is 0.245 e. The van der Waals surface area contributed by atoms with Crippen LogP contribution in [0, 0.1) is 5.92 Å². The number of fused-ring (bicyclic) bond motifs is 1. The molecule has 1 aromatic heterocycles. The topological polar surface area (TPSA) is 79.2 Å². The maximum absolute atomic E-state index is 13.0. The second-order valence-corrected chi connectivity index (χ2v) is 7.91. The van der Waals surface area contributed by atoms with E-state index in [4.69, 9.17) is 5.73 Å². The molecule has 21 heavy (non-hydrogen) atoms. The fourth-order valence-corrected chi connectivity index (χ4v) is 5.01. The van der Waals surface area contributed by atoms with Crippen molar-refractivity contribution in [1.82, 2.24) is 9.29 Å². The van der Waals surface area contributed by atoms with Crippen LogP contribution in [0.1, 0.15) is 26.7 Å². The molecular weight excluding hydrogens is 286 g/mol. The summed E-state index contributed by atoms with van der Waals surface area (Å²) >= 11 is 0. The average molecular weight is 307 g/mol. The molecule has 6 heteroatoms. The summed E-state index contributed by atoms with van der Waals surface area (Å²) in [5.41, 5.74) is 7.16. The lowest BCUT2D eigenvalue weighted by molar-refractivity contribution is 0.220. The Labute approximate surface area is 125 Å². The average Bonchev–Trinajstić information content (AvgIpc) is 2.81. The molecule has 5 nitrogen and oxygen atoms in total. The number of nitrogens with one attached hydrogen (secondary N) is 1. The van der Waals surface area contributed by atoms with E-state index in [1.54, 1.807) is 22.6 Å². The van der Waals surface area contributed by atoms with E-state index in [2.05, 4.69) is 11.9 Å². The molecule has 0 aliphatic carbocycles. The fourth-order valence-electron chi connectivity index (χ4n) is 3.20. The van der Waals surface area contributed by atoms with Crippen molar-refractivity contribution >= 4 is 26.6 Å². The highest BCUT2D eigenvalue weighted by Gasteiger charge is 2.34. The molecule has 0 bridgehead atoms. The number of piperidine rings is 1. The summed E-state index contributed by atoms with van der Waals surface area (Å²) < 4.78 is 27.5. The normalized spacial score (nSPS) is 24.5. The van der Waals surface area contributed by atoms with E-state index in [9.17, 15) is 8.42 Å². The number of H-pyrrole nitrogens is 1. The summed E-state index contributed by atoms with van der Waals surface area (Å²) in [6, 6.07) is 5.33. The second kappa shape index (κ2) is 5.03. The second-order valence-electron chi connectivity index (χ2n) is 6.05. The number of aromatic nitrogens is 1. The van der Waals surface area contributed by atoms with E-state index in [1.165, 1.54) is 0 Å². The maximum atomic E-state index is 13.0. The van der Waals surface area contributed by atoms with Crippen molar-refractivity contribution in [2.24, 2.45) is 5.92 Å². The van der Waals surface area contributed by atoms with Crippen LogP contribution in [0.3, 0.4) is 0 Å². The first-order chi connectivity index (χ1) is 9.89. The SMILES string of the molecule is CC1CCN(S(=O)(=O)c2c[nH]c3ccc(N)cc23)C(C)C1. The number of rotatable bonds is 2. The molecule has 3 N–H and O–H groups in total. The van der Waals surface area contributed by atoms with E-state index in [-0.39, 0.29) is 6.04 Å². The Morgan fingerprint density at radius 2 is 2.10 bits per heavy atom. The van der Waals surface area contributed by atoms with Gasteiger partial charge in [-0.2, -0.15) is 4.31 Å². The lowest BCUT2D eigenvalue weighted by Crippen LogP contribution is -2.43. The number of aromatic amines is 1. The van der Waals surface area contributed by atoms with Gasteiger partial charge in [0.15, 0.2) is 0 Å². The van der Waals surface area contributed by atoms with Gasteiger partial charge in [0.05, 0.1) is 0 Å². The van der Waals surface area contributed by atoms with Gasteiger partial charge in [-0.1, -0.05) is 6.92 Å². The highest BCUT2D eigenvalue weighted by Crippen LogP contribution is 2.32. The Bertz CT molecular complexity index is 766. The molecule has 0 spiro atoms. The number of benzene rings is 1. The van der Waals surface area contributed by atoms with E-state index in [0.717, 1.165) is 18.4 Å². The molecule has 2 unspecified atom stereocenters. The number of hydrogen-bond acceptors (Lipinski definition) is 3. The van der Waals surface area contributed by atoms with Crippen LogP contribution >= 0.6 is 0 Å². The molecular formula is C15H21N3O2S. The van der Waals surface area contributed by atoms with Gasteiger partial charge in [0, 0.05) is 35.4 Å². The summed E-state index contributed by atoms with van der Waals surface area (Å²) in [4.78, 5) is 3.35. The van der Waals surface area contributed by atoms with Crippen molar-refractivity contribution in [3.63, 3.8) is 0 Å². The van der Waals surface area contributed by atoms with Crippen LogP contribution in [-0.4, -0.2) is 30.3 Å². The molecule has 2 atom stereocenters. The number of nitrogens with zero attached hydrogens (tertiary/aromatic N) is 1. The molecule has 1 saturated heterocycles. The first kappa shape index (κ1) is 14.4. The van der Waals surface area contributed by atoms with Gasteiger partial charge >= 0.3 is 0 Å². The molecule has 1 aliphatic rings. The van der Waals surface area contributed by atoms with Gasteiger partial charge in [-0.15, -0.1) is 0 Å².